The van der Waals surface area contributed by atoms with Crippen LogP contribution < -0.4 is 0 Å². The summed E-state index contributed by atoms with van der Waals surface area (Å²) in [6.07, 6.45) is 0. The largest absolute Gasteiger partial charge is 0.307 e. The molecule has 0 atom stereocenters. The third kappa shape index (κ3) is 5.02. The van der Waals surface area contributed by atoms with Crippen LogP contribution in [0.25, 0.3) is 110 Å². The number of rotatable bonds is 4. The maximum atomic E-state index is 2.51. The number of para-hydroxylation sites is 3. The Kier molecular flexibility index (Phi) is 7.76. The molecule has 2 heteroatoms. The first kappa shape index (κ1) is 38.0. The Hall–Kier alpha value is -8.98. The highest BCUT2D eigenvalue weighted by molar-refractivity contribution is 6.29. The van der Waals surface area contributed by atoms with Crippen molar-refractivity contribution in [1.82, 2.24) is 9.13 Å². The molecule has 0 aliphatic heterocycles. The first-order valence-electron chi connectivity index (χ1n) is 24.6. The monoisotopic (exact) mass is 886 g/mol. The SMILES string of the molecule is c1ccc(-n2c3ccccc3c3ccc4c5cc(-c6ccc(-c7cccc8c9ccccc9c9ccccc9c78)c7c6C6c8ccccc8C7c7ccccc76)ccc5n(-c5ccccc5)c4c32)cc1. The minimum absolute atomic E-state index is 0.0810. The maximum Gasteiger partial charge on any atom is 0.0788 e. The lowest BCUT2D eigenvalue weighted by Crippen LogP contribution is -2.28. The highest BCUT2D eigenvalue weighted by atomic mass is 15.0. The van der Waals surface area contributed by atoms with Crippen LogP contribution in [0.3, 0.4) is 0 Å². The molecule has 0 spiro atoms. The van der Waals surface area contributed by atoms with Crippen LogP contribution in [0.15, 0.2) is 243 Å². The molecule has 0 radical (unpaired) electrons. The summed E-state index contributed by atoms with van der Waals surface area (Å²) in [5, 5.41) is 12.8. The van der Waals surface area contributed by atoms with Crippen LogP contribution in [-0.2, 0) is 0 Å². The van der Waals surface area contributed by atoms with Crippen LogP contribution in [0.1, 0.15) is 45.2 Å². The summed E-state index contributed by atoms with van der Waals surface area (Å²) >= 11 is 0. The average Bonchev–Trinajstić information content (AvgIpc) is 3.96. The molecule has 70 heavy (non-hydrogen) atoms. The van der Waals surface area contributed by atoms with Crippen molar-refractivity contribution < 1.29 is 0 Å². The predicted molar refractivity (Wildman–Crippen MR) is 293 cm³/mol. The number of fused-ring (bicyclic) bond motifs is 13. The Balaban J connectivity index is 1.02. The van der Waals surface area contributed by atoms with Gasteiger partial charge in [0.25, 0.3) is 0 Å². The highest BCUT2D eigenvalue weighted by Gasteiger charge is 2.44. The molecule has 0 N–H and O–H groups in total. The van der Waals surface area contributed by atoms with E-state index in [0.717, 1.165) is 11.4 Å². The summed E-state index contributed by atoms with van der Waals surface area (Å²) in [5.41, 5.74) is 20.8. The summed E-state index contributed by atoms with van der Waals surface area (Å²) in [6.45, 7) is 0. The van der Waals surface area contributed by atoms with Crippen LogP contribution in [0.2, 0.25) is 0 Å². The smallest absolute Gasteiger partial charge is 0.0788 e. The van der Waals surface area contributed by atoms with Crippen LogP contribution in [-0.4, -0.2) is 9.13 Å². The summed E-state index contributed by atoms with van der Waals surface area (Å²) in [6, 6.07) is 91.2. The van der Waals surface area contributed by atoms with Gasteiger partial charge in [-0.2, -0.15) is 0 Å². The summed E-state index contributed by atoms with van der Waals surface area (Å²) < 4.78 is 4.99. The van der Waals surface area contributed by atoms with E-state index in [4.69, 9.17) is 0 Å². The topological polar surface area (TPSA) is 9.86 Å². The lowest BCUT2D eigenvalue weighted by Gasteiger charge is -2.44. The zero-order chi connectivity index (χ0) is 45.6. The van der Waals surface area contributed by atoms with Crippen LogP contribution in [0.5, 0.6) is 0 Å². The average molecular weight is 887 g/mol. The van der Waals surface area contributed by atoms with E-state index in [1.54, 1.807) is 0 Å². The van der Waals surface area contributed by atoms with E-state index in [1.165, 1.54) is 132 Å². The summed E-state index contributed by atoms with van der Waals surface area (Å²) in [5.74, 6) is 0.165. The van der Waals surface area contributed by atoms with Crippen molar-refractivity contribution in [2.24, 2.45) is 0 Å². The summed E-state index contributed by atoms with van der Waals surface area (Å²) in [7, 11) is 0. The van der Waals surface area contributed by atoms with E-state index in [1.807, 2.05) is 0 Å². The molecule has 3 aliphatic carbocycles. The quantitative estimate of drug-likeness (QED) is 0.156. The summed E-state index contributed by atoms with van der Waals surface area (Å²) in [4.78, 5) is 0. The minimum Gasteiger partial charge on any atom is -0.307 e. The second-order valence-corrected chi connectivity index (χ2v) is 19.4. The van der Waals surface area contributed by atoms with Crippen molar-refractivity contribution in [3.8, 4) is 33.6 Å². The third-order valence-electron chi connectivity index (χ3n) is 16.1. The highest BCUT2D eigenvalue weighted by Crippen LogP contribution is 2.60. The number of aromatic nitrogens is 2. The van der Waals surface area contributed by atoms with E-state index in [-0.39, 0.29) is 11.8 Å². The van der Waals surface area contributed by atoms with Gasteiger partial charge in [0.1, 0.15) is 0 Å². The molecule has 0 saturated carbocycles. The number of benzene rings is 12. The fourth-order valence-corrected chi connectivity index (χ4v) is 13.4. The first-order chi connectivity index (χ1) is 34.8. The molecule has 0 unspecified atom stereocenters. The first-order valence-corrected chi connectivity index (χ1v) is 24.6. The Morgan fingerprint density at radius 1 is 0.257 bits per heavy atom. The molecule has 12 aromatic carbocycles. The van der Waals surface area contributed by atoms with Crippen molar-refractivity contribution in [2.45, 2.75) is 11.8 Å². The Morgan fingerprint density at radius 3 is 1.27 bits per heavy atom. The van der Waals surface area contributed by atoms with Crippen molar-refractivity contribution in [2.75, 3.05) is 0 Å². The van der Waals surface area contributed by atoms with Gasteiger partial charge in [0.05, 0.1) is 22.1 Å². The van der Waals surface area contributed by atoms with Crippen molar-refractivity contribution in [3.05, 3.63) is 276 Å². The van der Waals surface area contributed by atoms with Gasteiger partial charge in [-0.25, -0.2) is 0 Å². The fourth-order valence-electron chi connectivity index (χ4n) is 13.4. The van der Waals surface area contributed by atoms with Gasteiger partial charge in [-0.3, -0.25) is 0 Å². The molecule has 2 heterocycles. The Morgan fingerprint density at radius 2 is 0.686 bits per heavy atom. The van der Waals surface area contributed by atoms with E-state index in [9.17, 15) is 0 Å². The lowest BCUT2D eigenvalue weighted by molar-refractivity contribution is 0.758. The van der Waals surface area contributed by atoms with Crippen LogP contribution in [0, 0.1) is 0 Å². The maximum absolute atomic E-state index is 2.51. The molecule has 0 amide bonds. The van der Waals surface area contributed by atoms with Gasteiger partial charge in [-0.05, 0) is 130 Å². The predicted octanol–water partition coefficient (Wildman–Crippen LogP) is 17.7. The van der Waals surface area contributed by atoms with E-state index >= 15 is 0 Å². The Labute approximate surface area is 404 Å². The molecule has 0 fully saturated rings. The second-order valence-electron chi connectivity index (χ2n) is 19.4. The zero-order valence-electron chi connectivity index (χ0n) is 38.1. The van der Waals surface area contributed by atoms with Crippen molar-refractivity contribution >= 4 is 75.9 Å². The minimum atomic E-state index is 0.0810. The van der Waals surface area contributed by atoms with Crippen LogP contribution in [0.4, 0.5) is 0 Å². The van der Waals surface area contributed by atoms with Gasteiger partial charge in [0, 0.05) is 44.8 Å². The number of nitrogens with zero attached hydrogens (tertiary/aromatic N) is 2. The molecule has 2 nitrogen and oxygen atoms in total. The molecular formula is C68H42N2. The van der Waals surface area contributed by atoms with Gasteiger partial charge < -0.3 is 9.13 Å². The zero-order valence-corrected chi connectivity index (χ0v) is 38.1. The Bertz CT molecular complexity index is 4440. The fraction of sp³-hybridized carbons (Fsp3) is 0.0294. The van der Waals surface area contributed by atoms with Gasteiger partial charge in [0.2, 0.25) is 0 Å². The van der Waals surface area contributed by atoms with Crippen molar-refractivity contribution in [1.29, 1.82) is 0 Å². The molecule has 324 valence electrons. The standard InChI is InChI=1S/C68H42N2/c1-3-18-42(19-4-1)69-60-33-16-15-25-48(60)57-37-38-58-59-40-41(34-39-61(59)70(68(58)67(57)69)43-20-5-2-6-21-43)44-35-36-56(66-64-54-29-13-11-27-52(54)63(65(44)66)53-28-12-14-30-55(53)64)51-32-17-31-50-47-23-8-7-22-45(47)46-24-9-10-26-49(46)62(50)51/h1-40,63-64H. The number of hydrogen-bond donors (Lipinski definition) is 0. The van der Waals surface area contributed by atoms with Crippen molar-refractivity contribution in [3.63, 3.8) is 0 Å². The van der Waals surface area contributed by atoms with E-state index in [0.29, 0.717) is 0 Å². The second kappa shape index (κ2) is 14.3. The lowest BCUT2D eigenvalue weighted by atomic mass is 9.58. The van der Waals surface area contributed by atoms with Gasteiger partial charge in [-0.1, -0.05) is 200 Å². The van der Waals surface area contributed by atoms with Crippen LogP contribution >= 0.6 is 0 Å². The molecule has 2 bridgehead atoms. The van der Waals surface area contributed by atoms with E-state index in [2.05, 4.69) is 252 Å². The molecule has 3 aliphatic rings. The molecule has 17 rings (SSSR count). The molecule has 2 aromatic heterocycles. The molecule has 0 saturated heterocycles. The normalized spacial score (nSPS) is 14.9. The molecule has 14 aromatic rings. The van der Waals surface area contributed by atoms with Gasteiger partial charge in [-0.15, -0.1) is 0 Å². The molecular weight excluding hydrogens is 845 g/mol. The van der Waals surface area contributed by atoms with Gasteiger partial charge >= 0.3 is 0 Å². The number of hydrogen-bond acceptors (Lipinski definition) is 0. The van der Waals surface area contributed by atoms with Gasteiger partial charge in [0.15, 0.2) is 0 Å². The van der Waals surface area contributed by atoms with E-state index < -0.39 is 0 Å². The third-order valence-corrected chi connectivity index (χ3v) is 16.1.